The number of nitrogens with zero attached hydrogens (tertiary/aromatic N) is 2. The van der Waals surface area contributed by atoms with Crippen LogP contribution in [0.25, 0.3) is 11.3 Å². The maximum absolute atomic E-state index is 11.9. The van der Waals surface area contributed by atoms with Gasteiger partial charge in [-0.15, -0.1) is 10.2 Å². The van der Waals surface area contributed by atoms with E-state index in [9.17, 15) is 4.79 Å². The van der Waals surface area contributed by atoms with E-state index >= 15 is 0 Å². The highest BCUT2D eigenvalue weighted by molar-refractivity contribution is 9.10. The van der Waals surface area contributed by atoms with Crippen molar-refractivity contribution in [2.24, 2.45) is 0 Å². The normalized spacial score (nSPS) is 10.4. The molecule has 0 saturated heterocycles. The average Bonchev–Trinajstić information content (AvgIpc) is 2.67. The second-order valence-electron chi connectivity index (χ2n) is 5.31. The van der Waals surface area contributed by atoms with Crippen LogP contribution in [0.15, 0.2) is 76.2 Å². The summed E-state index contributed by atoms with van der Waals surface area (Å²) < 4.78 is 1.03. The molecule has 0 atom stereocenters. The van der Waals surface area contributed by atoms with Crippen molar-refractivity contribution >= 4 is 33.6 Å². The van der Waals surface area contributed by atoms with Crippen molar-refractivity contribution in [1.82, 2.24) is 15.5 Å². The van der Waals surface area contributed by atoms with Gasteiger partial charge in [0, 0.05) is 16.6 Å². The number of carbonyl (C=O) groups excluding carboxylic acids is 1. The predicted molar refractivity (Wildman–Crippen MR) is 104 cm³/mol. The molecule has 2 aromatic carbocycles. The van der Waals surface area contributed by atoms with Crippen LogP contribution in [-0.4, -0.2) is 21.9 Å². The van der Waals surface area contributed by atoms with Crippen LogP contribution in [0.1, 0.15) is 5.56 Å². The average molecular weight is 414 g/mol. The highest BCUT2D eigenvalue weighted by Gasteiger charge is 2.06. The van der Waals surface area contributed by atoms with Gasteiger partial charge in [-0.05, 0) is 29.8 Å². The van der Waals surface area contributed by atoms with E-state index in [4.69, 9.17) is 0 Å². The maximum Gasteiger partial charge on any atom is 0.230 e. The van der Waals surface area contributed by atoms with Crippen molar-refractivity contribution in [2.75, 3.05) is 5.75 Å². The summed E-state index contributed by atoms with van der Waals surface area (Å²) in [7, 11) is 0. The SMILES string of the molecule is O=C(CSc1ccc(-c2ccc(Br)cc2)nn1)NCc1ccccc1. The van der Waals surface area contributed by atoms with Gasteiger partial charge in [0.15, 0.2) is 0 Å². The number of nitrogens with one attached hydrogen (secondary N) is 1. The molecule has 126 valence electrons. The van der Waals surface area contributed by atoms with Crippen molar-refractivity contribution in [3.8, 4) is 11.3 Å². The van der Waals surface area contributed by atoms with Crippen LogP contribution >= 0.6 is 27.7 Å². The lowest BCUT2D eigenvalue weighted by Crippen LogP contribution is -2.24. The van der Waals surface area contributed by atoms with Gasteiger partial charge in [0.2, 0.25) is 5.91 Å². The van der Waals surface area contributed by atoms with Gasteiger partial charge in [-0.1, -0.05) is 70.2 Å². The van der Waals surface area contributed by atoms with Gasteiger partial charge in [0.05, 0.1) is 11.4 Å². The van der Waals surface area contributed by atoms with Crippen LogP contribution in [0.5, 0.6) is 0 Å². The molecule has 0 saturated carbocycles. The molecular formula is C19H16BrN3OS. The molecule has 0 aliphatic heterocycles. The number of rotatable bonds is 6. The summed E-state index contributed by atoms with van der Waals surface area (Å²) in [6, 6.07) is 21.6. The number of thioether (sulfide) groups is 1. The first-order chi connectivity index (χ1) is 12.2. The third kappa shape index (κ3) is 5.41. The molecule has 1 N–H and O–H groups in total. The standard InChI is InChI=1S/C19H16BrN3OS/c20-16-8-6-15(7-9-16)17-10-11-19(23-22-17)25-13-18(24)21-12-14-4-2-1-3-5-14/h1-11H,12-13H2,(H,21,24). The van der Waals surface area contributed by atoms with E-state index in [1.54, 1.807) is 0 Å². The largest absolute Gasteiger partial charge is 0.351 e. The first-order valence-corrected chi connectivity index (χ1v) is 9.52. The third-order valence-corrected chi connectivity index (χ3v) is 4.91. The Morgan fingerprint density at radius 1 is 0.960 bits per heavy atom. The molecule has 4 nitrogen and oxygen atoms in total. The van der Waals surface area contributed by atoms with E-state index in [0.29, 0.717) is 12.3 Å². The number of amides is 1. The van der Waals surface area contributed by atoms with E-state index < -0.39 is 0 Å². The fourth-order valence-corrected chi connectivity index (χ4v) is 3.07. The highest BCUT2D eigenvalue weighted by atomic mass is 79.9. The first kappa shape index (κ1) is 17.6. The molecular weight excluding hydrogens is 398 g/mol. The minimum absolute atomic E-state index is 0.0207. The Morgan fingerprint density at radius 2 is 1.72 bits per heavy atom. The molecule has 3 rings (SSSR count). The number of carbonyl (C=O) groups is 1. The van der Waals surface area contributed by atoms with Crippen LogP contribution in [0.4, 0.5) is 0 Å². The van der Waals surface area contributed by atoms with Crippen LogP contribution < -0.4 is 5.32 Å². The Hall–Kier alpha value is -2.18. The zero-order chi connectivity index (χ0) is 17.5. The lowest BCUT2D eigenvalue weighted by Gasteiger charge is -2.05. The maximum atomic E-state index is 11.9. The summed E-state index contributed by atoms with van der Waals surface area (Å²) in [6.07, 6.45) is 0. The Kier molecular flexibility index (Phi) is 6.19. The summed E-state index contributed by atoms with van der Waals surface area (Å²) in [4.78, 5) is 11.9. The Morgan fingerprint density at radius 3 is 2.40 bits per heavy atom. The van der Waals surface area contributed by atoms with Crippen LogP contribution in [0.3, 0.4) is 0 Å². The molecule has 0 unspecified atom stereocenters. The van der Waals surface area contributed by atoms with Gasteiger partial charge in [0.1, 0.15) is 5.03 Å². The van der Waals surface area contributed by atoms with Gasteiger partial charge >= 0.3 is 0 Å². The number of aromatic nitrogens is 2. The van der Waals surface area contributed by atoms with Gasteiger partial charge in [-0.25, -0.2) is 0 Å². The van der Waals surface area contributed by atoms with E-state index in [0.717, 1.165) is 26.3 Å². The molecule has 1 amide bonds. The summed E-state index contributed by atoms with van der Waals surface area (Å²) in [5.74, 6) is 0.298. The highest BCUT2D eigenvalue weighted by Crippen LogP contribution is 2.21. The lowest BCUT2D eigenvalue weighted by atomic mass is 10.1. The molecule has 0 fully saturated rings. The van der Waals surface area contributed by atoms with Crippen molar-refractivity contribution in [3.05, 3.63) is 76.8 Å². The van der Waals surface area contributed by atoms with Crippen molar-refractivity contribution in [2.45, 2.75) is 11.6 Å². The molecule has 0 spiro atoms. The van der Waals surface area contributed by atoms with Gasteiger partial charge in [0.25, 0.3) is 0 Å². The quantitative estimate of drug-likeness (QED) is 0.611. The fourth-order valence-electron chi connectivity index (χ4n) is 2.16. The van der Waals surface area contributed by atoms with Crippen LogP contribution in [0.2, 0.25) is 0 Å². The summed E-state index contributed by atoms with van der Waals surface area (Å²) in [5.41, 5.74) is 2.90. The molecule has 0 radical (unpaired) electrons. The van der Waals surface area contributed by atoms with Crippen molar-refractivity contribution in [1.29, 1.82) is 0 Å². The topological polar surface area (TPSA) is 54.9 Å². The fraction of sp³-hybridized carbons (Fsp3) is 0.105. The smallest absolute Gasteiger partial charge is 0.230 e. The third-order valence-electron chi connectivity index (χ3n) is 3.46. The number of hydrogen-bond acceptors (Lipinski definition) is 4. The monoisotopic (exact) mass is 413 g/mol. The zero-order valence-corrected chi connectivity index (χ0v) is 15.8. The number of halogens is 1. The van der Waals surface area contributed by atoms with E-state index in [2.05, 4.69) is 31.4 Å². The second-order valence-corrected chi connectivity index (χ2v) is 7.23. The molecule has 3 aromatic rings. The van der Waals surface area contributed by atoms with Crippen molar-refractivity contribution < 1.29 is 4.79 Å². The Balaban J connectivity index is 1.50. The van der Waals surface area contributed by atoms with Gasteiger partial charge in [-0.3, -0.25) is 4.79 Å². The van der Waals surface area contributed by atoms with Crippen LogP contribution in [0, 0.1) is 0 Å². The molecule has 0 aliphatic carbocycles. The summed E-state index contributed by atoms with van der Waals surface area (Å²) >= 11 is 4.79. The molecule has 6 heteroatoms. The van der Waals surface area contributed by atoms with E-state index in [1.807, 2.05) is 66.7 Å². The summed E-state index contributed by atoms with van der Waals surface area (Å²) in [5, 5.41) is 12.1. The van der Waals surface area contributed by atoms with Crippen molar-refractivity contribution in [3.63, 3.8) is 0 Å². The minimum Gasteiger partial charge on any atom is -0.351 e. The minimum atomic E-state index is -0.0207. The molecule has 1 aromatic heterocycles. The van der Waals surface area contributed by atoms with Gasteiger partial charge < -0.3 is 5.32 Å². The molecule has 0 aliphatic rings. The van der Waals surface area contributed by atoms with E-state index in [-0.39, 0.29) is 5.91 Å². The second kappa shape index (κ2) is 8.78. The first-order valence-electron chi connectivity index (χ1n) is 7.74. The zero-order valence-electron chi connectivity index (χ0n) is 13.4. The Bertz CT molecular complexity index is 824. The van der Waals surface area contributed by atoms with Crippen LogP contribution in [-0.2, 0) is 11.3 Å². The summed E-state index contributed by atoms with van der Waals surface area (Å²) in [6.45, 7) is 0.536. The molecule has 0 bridgehead atoms. The number of benzene rings is 2. The lowest BCUT2D eigenvalue weighted by molar-refractivity contribution is -0.118. The van der Waals surface area contributed by atoms with E-state index in [1.165, 1.54) is 11.8 Å². The Labute approximate surface area is 159 Å². The predicted octanol–water partition coefficient (Wildman–Crippen LogP) is 4.31. The molecule has 1 heterocycles. The van der Waals surface area contributed by atoms with Gasteiger partial charge in [-0.2, -0.15) is 0 Å². The molecule has 25 heavy (non-hydrogen) atoms. The number of hydrogen-bond donors (Lipinski definition) is 1.